The molecule has 5 heteroatoms. The molecular formula is C12H14N4O. The zero-order chi connectivity index (χ0) is 11.7. The van der Waals surface area contributed by atoms with E-state index in [2.05, 4.69) is 26.5 Å². The normalized spacial score (nSPS) is 24.1. The maximum Gasteiger partial charge on any atom is 0.223 e. The molecule has 3 rings (SSSR count). The van der Waals surface area contributed by atoms with Crippen LogP contribution in [-0.4, -0.2) is 28.2 Å². The van der Waals surface area contributed by atoms with Crippen molar-refractivity contribution in [1.82, 2.24) is 20.4 Å². The van der Waals surface area contributed by atoms with Crippen LogP contribution in [0, 0.1) is 6.92 Å². The average Bonchev–Trinajstić information content (AvgIpc) is 2.98. The zero-order valence-electron chi connectivity index (χ0n) is 9.63. The molecule has 3 heterocycles. The number of rotatable bonds is 2. The van der Waals surface area contributed by atoms with Crippen LogP contribution in [0.4, 0.5) is 0 Å². The molecule has 0 spiro atoms. The summed E-state index contributed by atoms with van der Waals surface area (Å²) in [5.41, 5.74) is 1.23. The van der Waals surface area contributed by atoms with Crippen molar-refractivity contribution in [2.45, 2.75) is 18.8 Å². The van der Waals surface area contributed by atoms with Crippen LogP contribution in [0.1, 0.15) is 29.1 Å². The molecule has 1 saturated heterocycles. The van der Waals surface area contributed by atoms with Crippen molar-refractivity contribution in [2.24, 2.45) is 0 Å². The van der Waals surface area contributed by atoms with Gasteiger partial charge in [-0.25, -0.2) is 0 Å². The van der Waals surface area contributed by atoms with Crippen molar-refractivity contribution in [2.75, 3.05) is 13.1 Å². The van der Waals surface area contributed by atoms with Crippen molar-refractivity contribution < 1.29 is 4.52 Å². The standard InChI is InChI=1S/C12H14N4O/c1-8-15-12(16-17-8)11-7-14-6-10(11)9-3-2-4-13-5-9/h2-5,10-11,14H,6-7H2,1H3. The Hall–Kier alpha value is -1.75. The average molecular weight is 230 g/mol. The SMILES string of the molecule is Cc1nc(C2CNCC2c2cccnc2)no1. The number of hydrogen-bond acceptors (Lipinski definition) is 5. The summed E-state index contributed by atoms with van der Waals surface area (Å²) in [6.45, 7) is 3.64. The number of nitrogens with one attached hydrogen (secondary N) is 1. The summed E-state index contributed by atoms with van der Waals surface area (Å²) in [5, 5.41) is 7.41. The Morgan fingerprint density at radius 3 is 2.94 bits per heavy atom. The van der Waals surface area contributed by atoms with Crippen LogP contribution in [0.15, 0.2) is 29.0 Å². The lowest BCUT2D eigenvalue weighted by atomic mass is 9.89. The van der Waals surface area contributed by atoms with Gasteiger partial charge < -0.3 is 9.84 Å². The summed E-state index contributed by atoms with van der Waals surface area (Å²) < 4.78 is 5.06. The van der Waals surface area contributed by atoms with Gasteiger partial charge in [-0.3, -0.25) is 4.98 Å². The van der Waals surface area contributed by atoms with E-state index in [0.29, 0.717) is 11.8 Å². The molecule has 0 amide bonds. The van der Waals surface area contributed by atoms with Crippen molar-refractivity contribution in [3.05, 3.63) is 41.8 Å². The first kappa shape index (κ1) is 10.4. The van der Waals surface area contributed by atoms with Crippen LogP contribution in [0.25, 0.3) is 0 Å². The number of pyridine rings is 1. The minimum Gasteiger partial charge on any atom is -0.340 e. The van der Waals surface area contributed by atoms with Crippen molar-refractivity contribution in [3.63, 3.8) is 0 Å². The van der Waals surface area contributed by atoms with E-state index in [1.54, 1.807) is 6.20 Å². The predicted molar refractivity (Wildman–Crippen MR) is 61.6 cm³/mol. The van der Waals surface area contributed by atoms with Gasteiger partial charge in [0, 0.05) is 44.2 Å². The van der Waals surface area contributed by atoms with Crippen LogP contribution in [0.5, 0.6) is 0 Å². The third-order valence-corrected chi connectivity index (χ3v) is 3.20. The molecule has 1 fully saturated rings. The molecular weight excluding hydrogens is 216 g/mol. The second-order valence-corrected chi connectivity index (χ2v) is 4.33. The van der Waals surface area contributed by atoms with Gasteiger partial charge >= 0.3 is 0 Å². The lowest BCUT2D eigenvalue weighted by molar-refractivity contribution is 0.382. The Balaban J connectivity index is 1.90. The number of aryl methyl sites for hydroxylation is 1. The largest absolute Gasteiger partial charge is 0.340 e. The molecule has 2 aromatic heterocycles. The van der Waals surface area contributed by atoms with Crippen molar-refractivity contribution in [1.29, 1.82) is 0 Å². The molecule has 0 radical (unpaired) electrons. The monoisotopic (exact) mass is 230 g/mol. The summed E-state index contributed by atoms with van der Waals surface area (Å²) in [4.78, 5) is 8.50. The molecule has 17 heavy (non-hydrogen) atoms. The van der Waals surface area contributed by atoms with E-state index in [-0.39, 0.29) is 5.92 Å². The first-order valence-corrected chi connectivity index (χ1v) is 5.75. The van der Waals surface area contributed by atoms with Crippen molar-refractivity contribution >= 4 is 0 Å². The third-order valence-electron chi connectivity index (χ3n) is 3.20. The first-order chi connectivity index (χ1) is 8.34. The maximum atomic E-state index is 5.06. The smallest absolute Gasteiger partial charge is 0.223 e. The highest BCUT2D eigenvalue weighted by Crippen LogP contribution is 2.33. The Kier molecular flexibility index (Phi) is 2.60. The molecule has 2 aromatic rings. The van der Waals surface area contributed by atoms with E-state index in [4.69, 9.17) is 4.52 Å². The van der Waals surface area contributed by atoms with Crippen LogP contribution in [0.3, 0.4) is 0 Å². The molecule has 5 nitrogen and oxygen atoms in total. The molecule has 0 saturated carbocycles. The van der Waals surface area contributed by atoms with Crippen LogP contribution < -0.4 is 5.32 Å². The van der Waals surface area contributed by atoms with Gasteiger partial charge in [0.25, 0.3) is 0 Å². The quantitative estimate of drug-likeness (QED) is 0.841. The van der Waals surface area contributed by atoms with E-state index in [1.165, 1.54) is 5.56 Å². The Morgan fingerprint density at radius 2 is 2.24 bits per heavy atom. The van der Waals surface area contributed by atoms with E-state index in [1.807, 2.05) is 19.2 Å². The molecule has 0 bridgehead atoms. The van der Waals surface area contributed by atoms with E-state index < -0.39 is 0 Å². The van der Waals surface area contributed by atoms with E-state index in [9.17, 15) is 0 Å². The second kappa shape index (κ2) is 4.25. The van der Waals surface area contributed by atoms with Gasteiger partial charge in [-0.2, -0.15) is 4.98 Å². The fraction of sp³-hybridized carbons (Fsp3) is 0.417. The molecule has 0 aliphatic carbocycles. The molecule has 1 aliphatic heterocycles. The first-order valence-electron chi connectivity index (χ1n) is 5.75. The highest BCUT2D eigenvalue weighted by atomic mass is 16.5. The summed E-state index contributed by atoms with van der Waals surface area (Å²) in [6, 6.07) is 4.07. The van der Waals surface area contributed by atoms with Gasteiger partial charge in [0.05, 0.1) is 0 Å². The Bertz CT molecular complexity index is 496. The van der Waals surface area contributed by atoms with Gasteiger partial charge in [-0.15, -0.1) is 0 Å². The van der Waals surface area contributed by atoms with E-state index >= 15 is 0 Å². The summed E-state index contributed by atoms with van der Waals surface area (Å²) >= 11 is 0. The lowest BCUT2D eigenvalue weighted by Crippen LogP contribution is -2.10. The lowest BCUT2D eigenvalue weighted by Gasteiger charge is -2.14. The van der Waals surface area contributed by atoms with E-state index in [0.717, 1.165) is 18.9 Å². The molecule has 2 atom stereocenters. The van der Waals surface area contributed by atoms with Crippen LogP contribution in [-0.2, 0) is 0 Å². The minimum atomic E-state index is 0.275. The van der Waals surface area contributed by atoms with Crippen LogP contribution >= 0.6 is 0 Å². The Labute approximate surface area is 99.3 Å². The van der Waals surface area contributed by atoms with Gasteiger partial charge in [0.15, 0.2) is 5.82 Å². The summed E-state index contributed by atoms with van der Waals surface area (Å²) in [7, 11) is 0. The maximum absolute atomic E-state index is 5.06. The number of aromatic nitrogens is 3. The van der Waals surface area contributed by atoms with Gasteiger partial charge in [-0.05, 0) is 11.6 Å². The molecule has 1 aliphatic rings. The number of nitrogens with zero attached hydrogens (tertiary/aromatic N) is 3. The molecule has 88 valence electrons. The van der Waals surface area contributed by atoms with Crippen molar-refractivity contribution in [3.8, 4) is 0 Å². The number of hydrogen-bond donors (Lipinski definition) is 1. The van der Waals surface area contributed by atoms with Gasteiger partial charge in [-0.1, -0.05) is 11.2 Å². The highest BCUT2D eigenvalue weighted by Gasteiger charge is 2.33. The predicted octanol–water partition coefficient (Wildman–Crippen LogP) is 1.24. The fourth-order valence-corrected chi connectivity index (χ4v) is 2.36. The summed E-state index contributed by atoms with van der Waals surface area (Å²) in [6.07, 6.45) is 3.71. The Morgan fingerprint density at radius 1 is 1.35 bits per heavy atom. The summed E-state index contributed by atoms with van der Waals surface area (Å²) in [5.74, 6) is 2.07. The third kappa shape index (κ3) is 1.93. The van der Waals surface area contributed by atoms with Gasteiger partial charge in [0.2, 0.25) is 5.89 Å². The zero-order valence-corrected chi connectivity index (χ0v) is 9.63. The van der Waals surface area contributed by atoms with Crippen LogP contribution in [0.2, 0.25) is 0 Å². The molecule has 0 aromatic carbocycles. The second-order valence-electron chi connectivity index (χ2n) is 4.33. The fourth-order valence-electron chi connectivity index (χ4n) is 2.36. The molecule has 2 unspecified atom stereocenters. The topological polar surface area (TPSA) is 63.8 Å². The minimum absolute atomic E-state index is 0.275. The van der Waals surface area contributed by atoms with Gasteiger partial charge in [0.1, 0.15) is 0 Å². The highest BCUT2D eigenvalue weighted by molar-refractivity contribution is 5.23. The molecule has 1 N–H and O–H groups in total.